The third-order valence-corrected chi connectivity index (χ3v) is 4.27. The van der Waals surface area contributed by atoms with Gasteiger partial charge in [0.05, 0.1) is 0 Å². The van der Waals surface area contributed by atoms with Gasteiger partial charge in [0.2, 0.25) is 0 Å². The van der Waals surface area contributed by atoms with Gasteiger partial charge in [-0.05, 0) is 39.4 Å². The Balaban J connectivity index is 2.57. The van der Waals surface area contributed by atoms with E-state index in [9.17, 15) is 0 Å². The molecule has 0 radical (unpaired) electrons. The first-order valence-electron chi connectivity index (χ1n) is 7.74. The summed E-state index contributed by atoms with van der Waals surface area (Å²) in [7, 11) is 2.15. The second-order valence-electron chi connectivity index (χ2n) is 5.44. The Morgan fingerprint density at radius 2 is 1.76 bits per heavy atom. The van der Waals surface area contributed by atoms with E-state index in [1.807, 2.05) is 0 Å². The molecular weight excluding hydrogens is 208 g/mol. The molecule has 102 valence electrons. The molecule has 0 aromatic rings. The molecule has 1 N–H and O–H groups in total. The lowest BCUT2D eigenvalue weighted by Gasteiger charge is -2.38. The fourth-order valence-corrected chi connectivity index (χ4v) is 3.16. The number of unbranched alkanes of at least 4 members (excludes halogenated alkanes) is 1. The van der Waals surface area contributed by atoms with Crippen molar-refractivity contribution in [2.24, 2.45) is 0 Å². The monoisotopic (exact) mass is 240 g/mol. The average Bonchev–Trinajstić information content (AvgIpc) is 2.32. The molecule has 1 saturated carbocycles. The number of nitrogens with one attached hydrogen (secondary N) is 1. The zero-order valence-corrected chi connectivity index (χ0v) is 12.2. The second kappa shape index (κ2) is 8.93. The molecule has 0 spiro atoms. The normalized spacial score (nSPS) is 26.8. The molecular formula is C15H32N2. The summed E-state index contributed by atoms with van der Waals surface area (Å²) < 4.78 is 0. The molecule has 0 amide bonds. The summed E-state index contributed by atoms with van der Waals surface area (Å²) in [6, 6.07) is 1.49. The zero-order chi connectivity index (χ0) is 12.5. The lowest BCUT2D eigenvalue weighted by atomic mass is 9.91. The highest BCUT2D eigenvalue weighted by molar-refractivity contribution is 4.85. The maximum Gasteiger partial charge on any atom is 0.0249 e. The van der Waals surface area contributed by atoms with E-state index in [4.69, 9.17) is 0 Å². The summed E-state index contributed by atoms with van der Waals surface area (Å²) in [5.74, 6) is 0. The van der Waals surface area contributed by atoms with E-state index in [2.05, 4.69) is 31.1 Å². The van der Waals surface area contributed by atoms with Crippen molar-refractivity contribution in [1.29, 1.82) is 0 Å². The van der Waals surface area contributed by atoms with E-state index in [-0.39, 0.29) is 0 Å². The summed E-state index contributed by atoms with van der Waals surface area (Å²) in [5.41, 5.74) is 0. The van der Waals surface area contributed by atoms with Crippen LogP contribution in [0.25, 0.3) is 0 Å². The van der Waals surface area contributed by atoms with Crippen molar-refractivity contribution < 1.29 is 0 Å². The minimum atomic E-state index is 0.715. The van der Waals surface area contributed by atoms with Gasteiger partial charge in [0.25, 0.3) is 0 Å². The van der Waals surface area contributed by atoms with E-state index in [1.54, 1.807) is 0 Å². The van der Waals surface area contributed by atoms with Gasteiger partial charge in [-0.25, -0.2) is 0 Å². The Morgan fingerprint density at radius 1 is 1.06 bits per heavy atom. The van der Waals surface area contributed by atoms with Gasteiger partial charge in [-0.15, -0.1) is 0 Å². The lowest BCUT2D eigenvalue weighted by molar-refractivity contribution is 0.141. The van der Waals surface area contributed by atoms with E-state index >= 15 is 0 Å². The van der Waals surface area contributed by atoms with Crippen LogP contribution in [0.15, 0.2) is 0 Å². The van der Waals surface area contributed by atoms with E-state index in [0.29, 0.717) is 6.04 Å². The largest absolute Gasteiger partial charge is 0.315 e. The van der Waals surface area contributed by atoms with Crippen LogP contribution in [-0.4, -0.2) is 37.1 Å². The van der Waals surface area contributed by atoms with E-state index < -0.39 is 0 Å². The molecule has 1 aliphatic carbocycles. The minimum absolute atomic E-state index is 0.715. The van der Waals surface area contributed by atoms with Crippen LogP contribution in [0, 0.1) is 0 Å². The van der Waals surface area contributed by atoms with Crippen molar-refractivity contribution in [3.8, 4) is 0 Å². The highest BCUT2D eigenvalue weighted by Gasteiger charge is 2.25. The quantitative estimate of drug-likeness (QED) is 0.765. The lowest BCUT2D eigenvalue weighted by Crippen LogP contribution is -2.49. The van der Waals surface area contributed by atoms with Gasteiger partial charge in [-0.1, -0.05) is 46.0 Å². The number of hydrogen-bond acceptors (Lipinski definition) is 2. The third-order valence-electron chi connectivity index (χ3n) is 4.27. The number of nitrogens with zero attached hydrogens (tertiary/aromatic N) is 1. The SMILES string of the molecule is CCCCN(CC)C1CCCCCCC1NC. The Hall–Kier alpha value is -0.0800. The van der Waals surface area contributed by atoms with Crippen molar-refractivity contribution in [1.82, 2.24) is 10.2 Å². The molecule has 17 heavy (non-hydrogen) atoms. The van der Waals surface area contributed by atoms with Gasteiger partial charge >= 0.3 is 0 Å². The summed E-state index contributed by atoms with van der Waals surface area (Å²) in [6.45, 7) is 7.11. The molecule has 1 aliphatic rings. The van der Waals surface area contributed by atoms with Crippen LogP contribution in [0.4, 0.5) is 0 Å². The Bertz CT molecular complexity index is 182. The van der Waals surface area contributed by atoms with E-state index in [0.717, 1.165) is 6.04 Å². The summed E-state index contributed by atoms with van der Waals surface area (Å²) in [6.07, 6.45) is 11.1. The highest BCUT2D eigenvalue weighted by Crippen LogP contribution is 2.22. The minimum Gasteiger partial charge on any atom is -0.315 e. The van der Waals surface area contributed by atoms with Gasteiger partial charge in [-0.2, -0.15) is 0 Å². The fraction of sp³-hybridized carbons (Fsp3) is 1.00. The summed E-state index contributed by atoms with van der Waals surface area (Å²) in [4.78, 5) is 2.72. The summed E-state index contributed by atoms with van der Waals surface area (Å²) >= 11 is 0. The summed E-state index contributed by atoms with van der Waals surface area (Å²) in [5, 5.41) is 3.57. The van der Waals surface area contributed by atoms with Crippen molar-refractivity contribution in [3.63, 3.8) is 0 Å². The molecule has 2 heteroatoms. The smallest absolute Gasteiger partial charge is 0.0249 e. The van der Waals surface area contributed by atoms with Crippen molar-refractivity contribution in [3.05, 3.63) is 0 Å². The van der Waals surface area contributed by atoms with Crippen LogP contribution in [0.3, 0.4) is 0 Å². The van der Waals surface area contributed by atoms with Crippen molar-refractivity contribution in [2.75, 3.05) is 20.1 Å². The second-order valence-corrected chi connectivity index (χ2v) is 5.44. The number of likely N-dealkylation sites (N-methyl/N-ethyl adjacent to an activating group) is 2. The van der Waals surface area contributed by atoms with Crippen LogP contribution in [0.1, 0.15) is 65.2 Å². The standard InChI is InChI=1S/C15H32N2/c1-4-6-13-17(5-2)15-12-10-8-7-9-11-14(15)16-3/h14-16H,4-13H2,1-3H3. The molecule has 0 bridgehead atoms. The molecule has 0 aromatic heterocycles. The maximum atomic E-state index is 3.57. The van der Waals surface area contributed by atoms with Crippen LogP contribution in [0.5, 0.6) is 0 Å². The van der Waals surface area contributed by atoms with Crippen molar-refractivity contribution in [2.45, 2.75) is 77.3 Å². The Kier molecular flexibility index (Phi) is 7.87. The topological polar surface area (TPSA) is 15.3 Å². The Labute approximate surface area is 108 Å². The molecule has 2 nitrogen and oxygen atoms in total. The van der Waals surface area contributed by atoms with Crippen LogP contribution < -0.4 is 5.32 Å². The molecule has 0 aromatic carbocycles. The zero-order valence-electron chi connectivity index (χ0n) is 12.2. The van der Waals surface area contributed by atoms with Gasteiger partial charge in [0.1, 0.15) is 0 Å². The highest BCUT2D eigenvalue weighted by atomic mass is 15.2. The molecule has 0 saturated heterocycles. The molecule has 2 atom stereocenters. The first-order valence-corrected chi connectivity index (χ1v) is 7.74. The predicted molar refractivity (Wildman–Crippen MR) is 76.5 cm³/mol. The average molecular weight is 240 g/mol. The predicted octanol–water partition coefficient (Wildman–Crippen LogP) is 3.42. The third kappa shape index (κ3) is 4.97. The Morgan fingerprint density at radius 3 is 2.35 bits per heavy atom. The molecule has 1 rings (SSSR count). The van der Waals surface area contributed by atoms with Gasteiger partial charge in [0, 0.05) is 12.1 Å². The van der Waals surface area contributed by atoms with Crippen LogP contribution in [-0.2, 0) is 0 Å². The van der Waals surface area contributed by atoms with Gasteiger partial charge in [-0.3, -0.25) is 4.90 Å². The maximum absolute atomic E-state index is 3.57. The molecule has 2 unspecified atom stereocenters. The molecule has 0 heterocycles. The first kappa shape index (κ1) is 15.0. The number of rotatable bonds is 6. The fourth-order valence-electron chi connectivity index (χ4n) is 3.16. The number of hydrogen-bond donors (Lipinski definition) is 1. The van der Waals surface area contributed by atoms with Gasteiger partial charge in [0.15, 0.2) is 0 Å². The molecule has 1 fully saturated rings. The van der Waals surface area contributed by atoms with Crippen LogP contribution >= 0.6 is 0 Å². The van der Waals surface area contributed by atoms with E-state index in [1.165, 1.54) is 64.5 Å². The van der Waals surface area contributed by atoms with Gasteiger partial charge < -0.3 is 5.32 Å². The first-order chi connectivity index (χ1) is 8.33. The van der Waals surface area contributed by atoms with Crippen LogP contribution in [0.2, 0.25) is 0 Å². The van der Waals surface area contributed by atoms with Crippen molar-refractivity contribution >= 4 is 0 Å². The molecule has 0 aliphatic heterocycles.